The van der Waals surface area contributed by atoms with Crippen LogP contribution in [0.4, 0.5) is 5.69 Å². The van der Waals surface area contributed by atoms with Gasteiger partial charge in [0.2, 0.25) is 0 Å². The van der Waals surface area contributed by atoms with Gasteiger partial charge in [-0.3, -0.25) is 10.1 Å². The Labute approximate surface area is 134 Å². The third-order valence-electron chi connectivity index (χ3n) is 2.94. The smallest absolute Gasteiger partial charge is 0.257 e. The SMILES string of the molecule is Cc1ccc(C(=O)NC(=S)Nc2cccc(Cl)c2)c(C)c1. The fourth-order valence-corrected chi connectivity index (χ4v) is 2.37. The Morgan fingerprint density at radius 1 is 1.14 bits per heavy atom. The van der Waals surface area contributed by atoms with Crippen LogP contribution in [0.2, 0.25) is 5.02 Å². The molecule has 0 spiro atoms. The van der Waals surface area contributed by atoms with Gasteiger partial charge in [0.1, 0.15) is 0 Å². The summed E-state index contributed by atoms with van der Waals surface area (Å²) >= 11 is 11.0. The van der Waals surface area contributed by atoms with E-state index in [-0.39, 0.29) is 11.0 Å². The standard InChI is InChI=1S/C16H15ClN2OS/c1-10-6-7-14(11(2)8-10)15(20)19-16(21)18-13-5-3-4-12(17)9-13/h3-9H,1-2H3,(H2,18,19,20,21). The van der Waals surface area contributed by atoms with Crippen molar-refractivity contribution >= 4 is 40.5 Å². The predicted octanol–water partition coefficient (Wildman–Crippen LogP) is 4.08. The first-order valence-electron chi connectivity index (χ1n) is 6.41. The molecule has 108 valence electrons. The normalized spacial score (nSPS) is 10.0. The van der Waals surface area contributed by atoms with Crippen LogP contribution in [0.25, 0.3) is 0 Å². The third kappa shape index (κ3) is 4.28. The van der Waals surface area contributed by atoms with Crippen molar-refractivity contribution in [1.29, 1.82) is 0 Å². The van der Waals surface area contributed by atoms with E-state index in [1.165, 1.54) is 0 Å². The van der Waals surface area contributed by atoms with Crippen LogP contribution in [0.15, 0.2) is 42.5 Å². The van der Waals surface area contributed by atoms with Gasteiger partial charge in [0.15, 0.2) is 5.11 Å². The van der Waals surface area contributed by atoms with E-state index in [4.69, 9.17) is 23.8 Å². The number of benzene rings is 2. The molecule has 0 aromatic heterocycles. The van der Waals surface area contributed by atoms with Crippen molar-refractivity contribution in [3.63, 3.8) is 0 Å². The van der Waals surface area contributed by atoms with E-state index < -0.39 is 0 Å². The van der Waals surface area contributed by atoms with Crippen LogP contribution in [0, 0.1) is 13.8 Å². The summed E-state index contributed by atoms with van der Waals surface area (Å²) in [5.74, 6) is -0.230. The fraction of sp³-hybridized carbons (Fsp3) is 0.125. The quantitative estimate of drug-likeness (QED) is 0.820. The van der Waals surface area contributed by atoms with Crippen molar-refractivity contribution in [2.45, 2.75) is 13.8 Å². The minimum absolute atomic E-state index is 0.230. The van der Waals surface area contributed by atoms with Crippen molar-refractivity contribution in [2.75, 3.05) is 5.32 Å². The molecule has 2 rings (SSSR count). The zero-order chi connectivity index (χ0) is 15.4. The molecule has 3 nitrogen and oxygen atoms in total. The third-order valence-corrected chi connectivity index (χ3v) is 3.38. The molecule has 21 heavy (non-hydrogen) atoms. The maximum absolute atomic E-state index is 12.2. The Kier molecular flexibility index (Phi) is 4.94. The summed E-state index contributed by atoms with van der Waals surface area (Å²) in [6, 6.07) is 12.8. The first kappa shape index (κ1) is 15.5. The number of carbonyl (C=O) groups excluding carboxylic acids is 1. The molecule has 0 atom stereocenters. The van der Waals surface area contributed by atoms with Crippen LogP contribution in [-0.2, 0) is 0 Å². The summed E-state index contributed by atoms with van der Waals surface area (Å²) < 4.78 is 0. The predicted molar refractivity (Wildman–Crippen MR) is 91.1 cm³/mol. The number of nitrogens with one attached hydrogen (secondary N) is 2. The average Bonchev–Trinajstić information content (AvgIpc) is 2.38. The summed E-state index contributed by atoms with van der Waals surface area (Å²) in [7, 11) is 0. The average molecular weight is 319 g/mol. The maximum Gasteiger partial charge on any atom is 0.257 e. The van der Waals surface area contributed by atoms with Crippen LogP contribution in [0.5, 0.6) is 0 Å². The lowest BCUT2D eigenvalue weighted by atomic mass is 10.1. The van der Waals surface area contributed by atoms with Crippen LogP contribution < -0.4 is 10.6 Å². The van der Waals surface area contributed by atoms with Crippen molar-refractivity contribution in [2.24, 2.45) is 0 Å². The zero-order valence-electron chi connectivity index (χ0n) is 11.7. The van der Waals surface area contributed by atoms with E-state index in [0.29, 0.717) is 10.6 Å². The van der Waals surface area contributed by atoms with Crippen molar-refractivity contribution < 1.29 is 4.79 Å². The Morgan fingerprint density at radius 2 is 1.90 bits per heavy atom. The molecule has 2 N–H and O–H groups in total. The summed E-state index contributed by atoms with van der Waals surface area (Å²) in [6.07, 6.45) is 0. The van der Waals surface area contributed by atoms with Gasteiger partial charge < -0.3 is 5.32 Å². The largest absolute Gasteiger partial charge is 0.332 e. The first-order valence-corrected chi connectivity index (χ1v) is 7.19. The van der Waals surface area contributed by atoms with Gasteiger partial charge in [-0.2, -0.15) is 0 Å². The van der Waals surface area contributed by atoms with Crippen molar-refractivity contribution in [1.82, 2.24) is 5.32 Å². The number of aryl methyl sites for hydroxylation is 2. The highest BCUT2D eigenvalue weighted by atomic mass is 35.5. The minimum atomic E-state index is -0.230. The van der Waals surface area contributed by atoms with Crippen LogP contribution >= 0.6 is 23.8 Å². The molecule has 1 amide bonds. The number of rotatable bonds is 2. The molecular formula is C16H15ClN2OS. The molecule has 2 aromatic carbocycles. The molecule has 0 heterocycles. The maximum atomic E-state index is 12.2. The van der Waals surface area contributed by atoms with Crippen LogP contribution in [0.3, 0.4) is 0 Å². The van der Waals surface area contributed by atoms with Gasteiger partial charge in [0.25, 0.3) is 5.91 Å². The second-order valence-corrected chi connectivity index (χ2v) is 5.58. The molecule has 0 saturated heterocycles. The highest BCUT2D eigenvalue weighted by Crippen LogP contribution is 2.15. The molecule has 0 bridgehead atoms. The van der Waals surface area contributed by atoms with Gasteiger partial charge in [-0.05, 0) is 55.9 Å². The lowest BCUT2D eigenvalue weighted by molar-refractivity contribution is 0.0977. The molecule has 0 unspecified atom stereocenters. The molecule has 0 aliphatic carbocycles. The van der Waals surface area contributed by atoms with Crippen LogP contribution in [-0.4, -0.2) is 11.0 Å². The first-order chi connectivity index (χ1) is 9.95. The van der Waals surface area contributed by atoms with E-state index in [0.717, 1.165) is 16.8 Å². The molecule has 5 heteroatoms. The van der Waals surface area contributed by atoms with Crippen LogP contribution in [0.1, 0.15) is 21.5 Å². The van der Waals surface area contributed by atoms with E-state index >= 15 is 0 Å². The van der Waals surface area contributed by atoms with Crippen molar-refractivity contribution in [3.8, 4) is 0 Å². The Bertz CT molecular complexity index is 700. The summed E-state index contributed by atoms with van der Waals surface area (Å²) in [5.41, 5.74) is 3.37. The topological polar surface area (TPSA) is 41.1 Å². The Hall–Kier alpha value is -1.91. The lowest BCUT2D eigenvalue weighted by Gasteiger charge is -2.11. The molecule has 0 aliphatic heterocycles. The molecular weight excluding hydrogens is 304 g/mol. The monoisotopic (exact) mass is 318 g/mol. The fourth-order valence-electron chi connectivity index (χ4n) is 1.97. The number of hydrogen-bond acceptors (Lipinski definition) is 2. The molecule has 0 aliphatic rings. The minimum Gasteiger partial charge on any atom is -0.332 e. The number of carbonyl (C=O) groups is 1. The van der Waals surface area contributed by atoms with Gasteiger partial charge in [0.05, 0.1) is 0 Å². The zero-order valence-corrected chi connectivity index (χ0v) is 13.3. The van der Waals surface area contributed by atoms with E-state index in [2.05, 4.69) is 10.6 Å². The molecule has 0 fully saturated rings. The Balaban J connectivity index is 2.04. The number of amides is 1. The summed E-state index contributed by atoms with van der Waals surface area (Å²) in [4.78, 5) is 12.2. The molecule has 2 aromatic rings. The number of hydrogen-bond donors (Lipinski definition) is 2. The Morgan fingerprint density at radius 3 is 2.57 bits per heavy atom. The molecule has 0 saturated carbocycles. The van der Waals surface area contributed by atoms with Gasteiger partial charge in [-0.1, -0.05) is 35.4 Å². The van der Waals surface area contributed by atoms with E-state index in [1.807, 2.05) is 32.0 Å². The van der Waals surface area contributed by atoms with E-state index in [9.17, 15) is 4.79 Å². The second kappa shape index (κ2) is 6.70. The molecule has 0 radical (unpaired) electrons. The summed E-state index contributed by atoms with van der Waals surface area (Å²) in [5, 5.41) is 6.43. The number of anilines is 1. The van der Waals surface area contributed by atoms with Gasteiger partial charge in [-0.15, -0.1) is 0 Å². The highest BCUT2D eigenvalue weighted by Gasteiger charge is 2.10. The van der Waals surface area contributed by atoms with Gasteiger partial charge >= 0.3 is 0 Å². The van der Waals surface area contributed by atoms with Crippen molar-refractivity contribution in [3.05, 3.63) is 64.2 Å². The van der Waals surface area contributed by atoms with E-state index in [1.54, 1.807) is 24.3 Å². The highest BCUT2D eigenvalue weighted by molar-refractivity contribution is 7.80. The number of halogens is 1. The second-order valence-electron chi connectivity index (χ2n) is 4.74. The van der Waals surface area contributed by atoms with Gasteiger partial charge in [0, 0.05) is 16.3 Å². The lowest BCUT2D eigenvalue weighted by Crippen LogP contribution is -2.34. The summed E-state index contributed by atoms with van der Waals surface area (Å²) in [6.45, 7) is 3.88. The van der Waals surface area contributed by atoms with Gasteiger partial charge in [-0.25, -0.2) is 0 Å². The number of thiocarbonyl (C=S) groups is 1.